The molecule has 0 spiro atoms. The van der Waals surface area contributed by atoms with Crippen molar-refractivity contribution < 1.29 is 9.32 Å². The van der Waals surface area contributed by atoms with Gasteiger partial charge in [-0.1, -0.05) is 23.0 Å². The van der Waals surface area contributed by atoms with Crippen LogP contribution in [0, 0.1) is 6.92 Å². The summed E-state index contributed by atoms with van der Waals surface area (Å²) in [6.07, 6.45) is 6.34. The number of nitrogens with one attached hydrogen (secondary N) is 1. The van der Waals surface area contributed by atoms with Crippen molar-refractivity contribution in [1.29, 1.82) is 0 Å². The molecule has 0 aliphatic carbocycles. The number of thioether (sulfide) groups is 1. The van der Waals surface area contributed by atoms with E-state index in [-0.39, 0.29) is 5.91 Å². The van der Waals surface area contributed by atoms with Gasteiger partial charge >= 0.3 is 0 Å². The molecule has 0 aliphatic heterocycles. The maximum Gasteiger partial charge on any atom is 0.254 e. The fourth-order valence-corrected chi connectivity index (χ4v) is 3.54. The van der Waals surface area contributed by atoms with E-state index in [9.17, 15) is 4.79 Å². The molecular formula is C19H17N7O2S. The van der Waals surface area contributed by atoms with Crippen LogP contribution in [-0.4, -0.2) is 35.8 Å². The fraction of sp³-hybridized carbons (Fsp3) is 0.158. The quantitative estimate of drug-likeness (QED) is 0.465. The second kappa shape index (κ2) is 8.65. The summed E-state index contributed by atoms with van der Waals surface area (Å²) in [5, 5.41) is 11.6. The average Bonchev–Trinajstić information content (AvgIpc) is 3.43. The van der Waals surface area contributed by atoms with Gasteiger partial charge in [0.25, 0.3) is 5.91 Å². The SMILES string of the molecule is Cc1cc(CSc2ncccc2C(=O)NCc2cccnc2-n2cncn2)no1. The number of hydrogen-bond acceptors (Lipinski definition) is 8. The van der Waals surface area contributed by atoms with Gasteiger partial charge < -0.3 is 9.84 Å². The minimum Gasteiger partial charge on any atom is -0.361 e. The molecule has 0 saturated heterocycles. The Bertz CT molecular complexity index is 1110. The first kappa shape index (κ1) is 18.8. The second-order valence-corrected chi connectivity index (χ2v) is 7.05. The van der Waals surface area contributed by atoms with Crippen LogP contribution in [-0.2, 0) is 12.3 Å². The van der Waals surface area contributed by atoms with Crippen molar-refractivity contribution in [3.05, 3.63) is 78.0 Å². The van der Waals surface area contributed by atoms with E-state index < -0.39 is 0 Å². The topological polar surface area (TPSA) is 112 Å². The lowest BCUT2D eigenvalue weighted by molar-refractivity contribution is 0.0947. The van der Waals surface area contributed by atoms with E-state index in [1.165, 1.54) is 18.1 Å². The van der Waals surface area contributed by atoms with Crippen molar-refractivity contribution in [2.45, 2.75) is 24.2 Å². The van der Waals surface area contributed by atoms with Crippen LogP contribution in [0.5, 0.6) is 0 Å². The summed E-state index contributed by atoms with van der Waals surface area (Å²) in [5.74, 6) is 1.71. The summed E-state index contributed by atoms with van der Waals surface area (Å²) in [7, 11) is 0. The van der Waals surface area contributed by atoms with Gasteiger partial charge in [-0.3, -0.25) is 4.79 Å². The number of rotatable bonds is 7. The van der Waals surface area contributed by atoms with Crippen LogP contribution >= 0.6 is 11.8 Å². The second-order valence-electron chi connectivity index (χ2n) is 6.08. The van der Waals surface area contributed by atoms with Gasteiger partial charge in [-0.2, -0.15) is 5.10 Å². The highest BCUT2D eigenvalue weighted by atomic mass is 32.2. The number of amides is 1. The molecule has 0 aliphatic rings. The predicted octanol–water partition coefficient (Wildman–Crippen LogP) is 2.58. The normalized spacial score (nSPS) is 10.8. The van der Waals surface area contributed by atoms with Crippen LogP contribution in [0.3, 0.4) is 0 Å². The lowest BCUT2D eigenvalue weighted by atomic mass is 10.2. The Kier molecular flexibility index (Phi) is 5.61. The van der Waals surface area contributed by atoms with Crippen molar-refractivity contribution >= 4 is 17.7 Å². The third-order valence-electron chi connectivity index (χ3n) is 3.99. The average molecular weight is 407 g/mol. The standard InChI is InChI=1S/C19H17N7O2S/c1-13-8-15(25-28-13)10-29-19-16(5-3-7-22-19)18(27)23-9-14-4-2-6-21-17(14)26-12-20-11-24-26/h2-8,11-12H,9-10H2,1H3,(H,23,27). The monoisotopic (exact) mass is 407 g/mol. The van der Waals surface area contributed by atoms with Gasteiger partial charge in [-0.05, 0) is 25.1 Å². The Balaban J connectivity index is 1.46. The van der Waals surface area contributed by atoms with Crippen molar-refractivity contribution in [1.82, 2.24) is 35.2 Å². The third-order valence-corrected chi connectivity index (χ3v) is 5.03. The minimum absolute atomic E-state index is 0.217. The molecule has 9 nitrogen and oxygen atoms in total. The van der Waals surface area contributed by atoms with E-state index in [0.29, 0.717) is 28.7 Å². The zero-order valence-corrected chi connectivity index (χ0v) is 16.3. The molecule has 0 unspecified atom stereocenters. The summed E-state index contributed by atoms with van der Waals surface area (Å²) in [5.41, 5.74) is 2.13. The maximum atomic E-state index is 12.8. The van der Waals surface area contributed by atoms with E-state index in [1.54, 1.807) is 35.5 Å². The molecule has 4 rings (SSSR count). The number of hydrogen-bond donors (Lipinski definition) is 1. The van der Waals surface area contributed by atoms with Gasteiger partial charge in [0.05, 0.1) is 11.3 Å². The van der Waals surface area contributed by atoms with E-state index in [0.717, 1.165) is 17.0 Å². The molecule has 1 amide bonds. The van der Waals surface area contributed by atoms with Gasteiger partial charge in [-0.25, -0.2) is 19.6 Å². The minimum atomic E-state index is -0.217. The van der Waals surface area contributed by atoms with Crippen molar-refractivity contribution in [3.8, 4) is 5.82 Å². The first-order chi connectivity index (χ1) is 14.2. The highest BCUT2D eigenvalue weighted by Crippen LogP contribution is 2.24. The summed E-state index contributed by atoms with van der Waals surface area (Å²) in [4.78, 5) is 25.4. The Morgan fingerprint density at radius 3 is 2.90 bits per heavy atom. The predicted molar refractivity (Wildman–Crippen MR) is 105 cm³/mol. The van der Waals surface area contributed by atoms with Crippen molar-refractivity contribution in [2.75, 3.05) is 0 Å². The maximum absolute atomic E-state index is 12.8. The molecule has 0 fully saturated rings. The fourth-order valence-electron chi connectivity index (χ4n) is 2.67. The van der Waals surface area contributed by atoms with Gasteiger partial charge in [0, 0.05) is 36.3 Å². The van der Waals surface area contributed by atoms with E-state index >= 15 is 0 Å². The van der Waals surface area contributed by atoms with Crippen LogP contribution < -0.4 is 5.32 Å². The number of aromatic nitrogens is 6. The van der Waals surface area contributed by atoms with Crippen LogP contribution in [0.1, 0.15) is 27.4 Å². The van der Waals surface area contributed by atoms with Crippen LogP contribution in [0.2, 0.25) is 0 Å². The molecule has 0 atom stereocenters. The Hall–Kier alpha value is -3.53. The first-order valence-electron chi connectivity index (χ1n) is 8.78. The molecule has 0 bridgehead atoms. The number of nitrogens with zero attached hydrogens (tertiary/aromatic N) is 6. The molecule has 146 valence electrons. The molecule has 29 heavy (non-hydrogen) atoms. The lowest BCUT2D eigenvalue weighted by Crippen LogP contribution is -2.24. The zero-order chi connectivity index (χ0) is 20.1. The van der Waals surface area contributed by atoms with E-state index in [1.807, 2.05) is 25.1 Å². The van der Waals surface area contributed by atoms with Crippen molar-refractivity contribution in [2.24, 2.45) is 0 Å². The lowest BCUT2D eigenvalue weighted by Gasteiger charge is -2.11. The summed E-state index contributed by atoms with van der Waals surface area (Å²) >= 11 is 1.44. The smallest absolute Gasteiger partial charge is 0.254 e. The van der Waals surface area contributed by atoms with Crippen molar-refractivity contribution in [3.63, 3.8) is 0 Å². The Morgan fingerprint density at radius 1 is 1.24 bits per heavy atom. The molecule has 10 heteroatoms. The highest BCUT2D eigenvalue weighted by molar-refractivity contribution is 7.98. The van der Waals surface area contributed by atoms with Gasteiger partial charge in [0.1, 0.15) is 23.4 Å². The van der Waals surface area contributed by atoms with Crippen LogP contribution in [0.25, 0.3) is 5.82 Å². The first-order valence-corrected chi connectivity index (χ1v) is 9.76. The molecule has 0 saturated carbocycles. The van der Waals surface area contributed by atoms with E-state index in [2.05, 4.69) is 30.5 Å². The molecule has 0 radical (unpaired) electrons. The number of pyridine rings is 2. The highest BCUT2D eigenvalue weighted by Gasteiger charge is 2.15. The molecular weight excluding hydrogens is 390 g/mol. The van der Waals surface area contributed by atoms with Crippen LogP contribution in [0.15, 0.2) is 64.9 Å². The molecule has 0 aromatic carbocycles. The van der Waals surface area contributed by atoms with Gasteiger partial charge in [-0.15, -0.1) is 0 Å². The number of carbonyl (C=O) groups is 1. The van der Waals surface area contributed by atoms with Gasteiger partial charge in [0.15, 0.2) is 5.82 Å². The largest absolute Gasteiger partial charge is 0.361 e. The zero-order valence-electron chi connectivity index (χ0n) is 15.5. The molecule has 4 aromatic heterocycles. The molecule has 1 N–H and O–H groups in total. The Morgan fingerprint density at radius 2 is 2.10 bits per heavy atom. The summed E-state index contributed by atoms with van der Waals surface area (Å²) < 4.78 is 6.64. The number of aryl methyl sites for hydroxylation is 1. The number of carbonyl (C=O) groups excluding carboxylic acids is 1. The summed E-state index contributed by atoms with van der Waals surface area (Å²) in [6.45, 7) is 2.14. The van der Waals surface area contributed by atoms with Gasteiger partial charge in [0.2, 0.25) is 0 Å². The molecule has 4 heterocycles. The molecule has 4 aromatic rings. The Labute approximate surface area is 170 Å². The third kappa shape index (κ3) is 4.49. The van der Waals surface area contributed by atoms with Crippen LogP contribution in [0.4, 0.5) is 0 Å². The summed E-state index contributed by atoms with van der Waals surface area (Å²) in [6, 6.07) is 9.05. The van der Waals surface area contributed by atoms with E-state index in [4.69, 9.17) is 4.52 Å².